The zero-order chi connectivity index (χ0) is 17.0. The van der Waals surface area contributed by atoms with E-state index in [1.165, 1.54) is 12.1 Å². The number of nitrogens with zero attached hydrogens (tertiary/aromatic N) is 3. The molecule has 8 heteroatoms. The highest BCUT2D eigenvalue weighted by Crippen LogP contribution is 2.22. The average molecular weight is 348 g/mol. The predicted molar refractivity (Wildman–Crippen MR) is 90.1 cm³/mol. The number of anilines is 1. The molecule has 0 bridgehead atoms. The van der Waals surface area contributed by atoms with Gasteiger partial charge in [0, 0.05) is 37.6 Å². The Hall–Kier alpha value is -2.19. The van der Waals surface area contributed by atoms with Gasteiger partial charge in [0.2, 0.25) is 15.9 Å². The van der Waals surface area contributed by atoms with Crippen molar-refractivity contribution < 1.29 is 13.2 Å². The molecule has 0 saturated carbocycles. The van der Waals surface area contributed by atoms with Gasteiger partial charge in [-0.1, -0.05) is 0 Å². The normalized spacial score (nSPS) is 15.7. The van der Waals surface area contributed by atoms with Gasteiger partial charge < -0.3 is 4.90 Å². The van der Waals surface area contributed by atoms with Crippen LogP contribution < -0.4 is 9.62 Å². The second kappa shape index (κ2) is 7.14. The zero-order valence-electron chi connectivity index (χ0n) is 13.3. The van der Waals surface area contributed by atoms with Gasteiger partial charge in [-0.25, -0.2) is 13.1 Å². The van der Waals surface area contributed by atoms with Crippen molar-refractivity contribution in [1.29, 1.82) is 0 Å². The number of aromatic nitrogens is 2. The first kappa shape index (κ1) is 16.7. The third kappa shape index (κ3) is 3.82. The second-order valence-electron chi connectivity index (χ2n) is 5.66. The van der Waals surface area contributed by atoms with Crippen molar-refractivity contribution in [3.05, 3.63) is 42.7 Å². The highest BCUT2D eigenvalue weighted by molar-refractivity contribution is 7.89. The van der Waals surface area contributed by atoms with Crippen LogP contribution in [0.15, 0.2) is 47.6 Å². The number of carbonyl (C=O) groups is 1. The van der Waals surface area contributed by atoms with Crippen molar-refractivity contribution in [2.75, 3.05) is 18.0 Å². The number of carbonyl (C=O) groups excluding carboxylic acids is 1. The van der Waals surface area contributed by atoms with E-state index in [1.54, 1.807) is 40.2 Å². The average Bonchev–Trinajstić information content (AvgIpc) is 3.09. The van der Waals surface area contributed by atoms with E-state index in [2.05, 4.69) is 9.82 Å². The molecule has 0 atom stereocenters. The van der Waals surface area contributed by atoms with Gasteiger partial charge in [-0.3, -0.25) is 9.48 Å². The summed E-state index contributed by atoms with van der Waals surface area (Å²) in [5, 5.41) is 4.02. The van der Waals surface area contributed by atoms with E-state index in [9.17, 15) is 13.2 Å². The number of rotatable bonds is 6. The number of hydrogen-bond donors (Lipinski definition) is 1. The van der Waals surface area contributed by atoms with Gasteiger partial charge in [0.25, 0.3) is 0 Å². The predicted octanol–water partition coefficient (Wildman–Crippen LogP) is 1.38. The zero-order valence-corrected chi connectivity index (χ0v) is 14.1. The van der Waals surface area contributed by atoms with E-state index in [-0.39, 0.29) is 17.3 Å². The first-order valence-corrected chi connectivity index (χ1v) is 9.42. The molecule has 1 fully saturated rings. The lowest BCUT2D eigenvalue weighted by Crippen LogP contribution is -2.35. The first-order valence-electron chi connectivity index (χ1n) is 7.94. The Balaban J connectivity index is 1.64. The van der Waals surface area contributed by atoms with Gasteiger partial charge in [-0.2, -0.15) is 5.10 Å². The number of piperidine rings is 1. The van der Waals surface area contributed by atoms with Crippen LogP contribution in [0.25, 0.3) is 0 Å². The van der Waals surface area contributed by atoms with Crippen LogP contribution in [0.5, 0.6) is 0 Å². The third-order valence-electron chi connectivity index (χ3n) is 3.97. The molecule has 0 spiro atoms. The fourth-order valence-electron chi connectivity index (χ4n) is 2.69. The third-order valence-corrected chi connectivity index (χ3v) is 5.45. The maximum Gasteiger partial charge on any atom is 0.240 e. The Labute approximate surface area is 141 Å². The van der Waals surface area contributed by atoms with Crippen molar-refractivity contribution in [2.45, 2.75) is 30.7 Å². The van der Waals surface area contributed by atoms with E-state index in [0.29, 0.717) is 19.5 Å². The van der Waals surface area contributed by atoms with Crippen LogP contribution in [-0.4, -0.2) is 37.2 Å². The standard InChI is InChI=1S/C16H20N4O3S/c21-16-4-1-2-12-20(16)14-5-7-15(8-6-14)24(22,23)18-10-13-19-11-3-9-17-19/h3,5-9,11,18H,1-2,4,10,12-13H2. The Bertz CT molecular complexity index is 785. The molecule has 2 heterocycles. The fraction of sp³-hybridized carbons (Fsp3) is 0.375. The molecular formula is C16H20N4O3S. The maximum atomic E-state index is 12.3. The van der Waals surface area contributed by atoms with Gasteiger partial charge in [0.1, 0.15) is 0 Å². The van der Waals surface area contributed by atoms with Gasteiger partial charge in [-0.15, -0.1) is 0 Å². The van der Waals surface area contributed by atoms with Crippen LogP contribution in [-0.2, 0) is 21.4 Å². The lowest BCUT2D eigenvalue weighted by molar-refractivity contribution is -0.119. The summed E-state index contributed by atoms with van der Waals surface area (Å²) in [7, 11) is -3.57. The fourth-order valence-corrected chi connectivity index (χ4v) is 3.72. The molecule has 1 aliphatic rings. The molecule has 0 aliphatic carbocycles. The molecular weight excluding hydrogens is 328 g/mol. The van der Waals surface area contributed by atoms with Crippen molar-refractivity contribution in [3.63, 3.8) is 0 Å². The first-order chi connectivity index (χ1) is 11.6. The largest absolute Gasteiger partial charge is 0.312 e. The lowest BCUT2D eigenvalue weighted by Gasteiger charge is -2.26. The molecule has 1 N–H and O–H groups in total. The summed E-state index contributed by atoms with van der Waals surface area (Å²) in [6.07, 6.45) is 5.87. The van der Waals surface area contributed by atoms with Crippen LogP contribution >= 0.6 is 0 Å². The van der Waals surface area contributed by atoms with Gasteiger partial charge in [0.15, 0.2) is 0 Å². The molecule has 128 valence electrons. The molecule has 3 rings (SSSR count). The quantitative estimate of drug-likeness (QED) is 0.855. The van der Waals surface area contributed by atoms with Crippen molar-refractivity contribution in [3.8, 4) is 0 Å². The van der Waals surface area contributed by atoms with Crippen molar-refractivity contribution >= 4 is 21.6 Å². The van der Waals surface area contributed by atoms with E-state index < -0.39 is 10.0 Å². The summed E-state index contributed by atoms with van der Waals surface area (Å²) >= 11 is 0. The highest BCUT2D eigenvalue weighted by Gasteiger charge is 2.20. The highest BCUT2D eigenvalue weighted by atomic mass is 32.2. The van der Waals surface area contributed by atoms with Crippen LogP contribution in [0, 0.1) is 0 Å². The SMILES string of the molecule is O=C1CCCCN1c1ccc(S(=O)(=O)NCCn2cccn2)cc1. The summed E-state index contributed by atoms with van der Waals surface area (Å²) in [4.78, 5) is 13.8. The van der Waals surface area contributed by atoms with Crippen molar-refractivity contribution in [1.82, 2.24) is 14.5 Å². The Morgan fingerprint density at radius 3 is 2.62 bits per heavy atom. The summed E-state index contributed by atoms with van der Waals surface area (Å²) < 4.78 is 28.8. The summed E-state index contributed by atoms with van der Waals surface area (Å²) in [6, 6.07) is 8.23. The topological polar surface area (TPSA) is 84.3 Å². The minimum Gasteiger partial charge on any atom is -0.312 e. The van der Waals surface area contributed by atoms with Crippen LogP contribution in [0.2, 0.25) is 0 Å². The molecule has 1 saturated heterocycles. The minimum atomic E-state index is -3.57. The Kier molecular flexibility index (Phi) is 4.96. The summed E-state index contributed by atoms with van der Waals surface area (Å²) in [6.45, 7) is 1.41. The van der Waals surface area contributed by atoms with Crippen molar-refractivity contribution in [2.24, 2.45) is 0 Å². The summed E-state index contributed by atoms with van der Waals surface area (Å²) in [5.74, 6) is 0.0919. The molecule has 1 aliphatic heterocycles. The summed E-state index contributed by atoms with van der Waals surface area (Å²) in [5.41, 5.74) is 0.746. The molecule has 2 aromatic rings. The Morgan fingerprint density at radius 1 is 1.17 bits per heavy atom. The minimum absolute atomic E-state index is 0.0919. The lowest BCUT2D eigenvalue weighted by atomic mass is 10.1. The maximum absolute atomic E-state index is 12.3. The second-order valence-corrected chi connectivity index (χ2v) is 7.43. The van der Waals surface area contributed by atoms with E-state index in [0.717, 1.165) is 18.5 Å². The molecule has 7 nitrogen and oxygen atoms in total. The molecule has 1 amide bonds. The Morgan fingerprint density at radius 2 is 1.96 bits per heavy atom. The van der Waals surface area contributed by atoms with Crippen LogP contribution in [0.1, 0.15) is 19.3 Å². The van der Waals surface area contributed by atoms with Gasteiger partial charge in [0.05, 0.1) is 11.4 Å². The van der Waals surface area contributed by atoms with Gasteiger partial charge >= 0.3 is 0 Å². The molecule has 1 aromatic carbocycles. The smallest absolute Gasteiger partial charge is 0.240 e. The number of benzene rings is 1. The van der Waals surface area contributed by atoms with E-state index in [4.69, 9.17) is 0 Å². The number of nitrogens with one attached hydrogen (secondary N) is 1. The van der Waals surface area contributed by atoms with E-state index >= 15 is 0 Å². The number of amides is 1. The molecule has 0 radical (unpaired) electrons. The number of sulfonamides is 1. The van der Waals surface area contributed by atoms with Gasteiger partial charge in [-0.05, 0) is 43.2 Å². The number of hydrogen-bond acceptors (Lipinski definition) is 4. The van der Waals surface area contributed by atoms with Crippen LogP contribution in [0.3, 0.4) is 0 Å². The monoisotopic (exact) mass is 348 g/mol. The molecule has 1 aromatic heterocycles. The molecule has 24 heavy (non-hydrogen) atoms. The van der Waals surface area contributed by atoms with Crippen LogP contribution in [0.4, 0.5) is 5.69 Å². The molecule has 0 unspecified atom stereocenters. The van der Waals surface area contributed by atoms with E-state index in [1.807, 2.05) is 0 Å².